The van der Waals surface area contributed by atoms with Gasteiger partial charge in [-0.1, -0.05) is 6.42 Å². The van der Waals surface area contributed by atoms with Gasteiger partial charge in [-0.15, -0.1) is 0 Å². The monoisotopic (exact) mass is 177 g/mol. The van der Waals surface area contributed by atoms with Crippen molar-refractivity contribution in [3.63, 3.8) is 0 Å². The lowest BCUT2D eigenvalue weighted by Gasteiger charge is -2.25. The van der Waals surface area contributed by atoms with Crippen molar-refractivity contribution in [2.75, 3.05) is 0 Å². The van der Waals surface area contributed by atoms with E-state index < -0.39 is 0 Å². The summed E-state index contributed by atoms with van der Waals surface area (Å²) in [4.78, 5) is 8.49. The van der Waals surface area contributed by atoms with Gasteiger partial charge in [-0.3, -0.25) is 0 Å². The Morgan fingerprint density at radius 3 is 2.38 bits per heavy atom. The molecule has 0 spiro atoms. The van der Waals surface area contributed by atoms with Gasteiger partial charge in [-0.2, -0.15) is 0 Å². The fourth-order valence-corrected chi connectivity index (χ4v) is 1.54. The van der Waals surface area contributed by atoms with E-state index in [0.29, 0.717) is 5.92 Å². The summed E-state index contributed by atoms with van der Waals surface area (Å²) in [6.45, 7) is 1.90. The molecule has 0 saturated heterocycles. The Balaban J connectivity index is 2.13. The molecule has 2 rings (SSSR count). The maximum atomic E-state index is 5.66. The van der Waals surface area contributed by atoms with E-state index in [1.807, 2.05) is 19.3 Å². The third-order valence-corrected chi connectivity index (χ3v) is 2.68. The van der Waals surface area contributed by atoms with Crippen LogP contribution in [0.4, 0.5) is 0 Å². The molecule has 0 aromatic carbocycles. The first-order valence-corrected chi connectivity index (χ1v) is 4.85. The molecule has 1 aromatic rings. The molecular weight excluding hydrogens is 162 g/mol. The van der Waals surface area contributed by atoms with Gasteiger partial charge in [0, 0.05) is 12.4 Å². The second-order valence-electron chi connectivity index (χ2n) is 3.79. The molecule has 13 heavy (non-hydrogen) atoms. The van der Waals surface area contributed by atoms with Crippen molar-refractivity contribution in [1.29, 1.82) is 0 Å². The molecule has 1 atom stereocenters. The number of hydrogen-bond acceptors (Lipinski definition) is 3. The van der Waals surface area contributed by atoms with Crippen LogP contribution in [0.1, 0.15) is 49.5 Å². The Kier molecular flexibility index (Phi) is 2.27. The van der Waals surface area contributed by atoms with E-state index in [1.54, 1.807) is 0 Å². The molecule has 70 valence electrons. The summed E-state index contributed by atoms with van der Waals surface area (Å²) in [5, 5.41) is 0. The summed E-state index contributed by atoms with van der Waals surface area (Å²) in [6, 6.07) is -0.0598. The van der Waals surface area contributed by atoms with Crippen LogP contribution in [0.3, 0.4) is 0 Å². The number of rotatable bonds is 2. The maximum absolute atomic E-state index is 5.66. The number of aromatic nitrogens is 2. The van der Waals surface area contributed by atoms with Crippen LogP contribution >= 0.6 is 0 Å². The molecule has 1 unspecified atom stereocenters. The van der Waals surface area contributed by atoms with Gasteiger partial charge in [0.25, 0.3) is 0 Å². The standard InChI is InChI=1S/C10H15N3/c1-7(11)10-12-5-9(6-13-10)8-3-2-4-8/h5-8H,2-4,11H2,1H3. The minimum Gasteiger partial charge on any atom is -0.322 e. The maximum Gasteiger partial charge on any atom is 0.144 e. The van der Waals surface area contributed by atoms with Gasteiger partial charge in [0.2, 0.25) is 0 Å². The highest BCUT2D eigenvalue weighted by Crippen LogP contribution is 2.35. The zero-order chi connectivity index (χ0) is 9.26. The van der Waals surface area contributed by atoms with E-state index in [2.05, 4.69) is 9.97 Å². The van der Waals surface area contributed by atoms with Crippen LogP contribution < -0.4 is 5.73 Å². The number of nitrogens with two attached hydrogens (primary N) is 1. The molecule has 1 saturated carbocycles. The lowest BCUT2D eigenvalue weighted by atomic mass is 9.81. The molecule has 3 nitrogen and oxygen atoms in total. The zero-order valence-electron chi connectivity index (χ0n) is 7.90. The van der Waals surface area contributed by atoms with E-state index in [0.717, 1.165) is 5.82 Å². The fraction of sp³-hybridized carbons (Fsp3) is 0.600. The van der Waals surface area contributed by atoms with E-state index in [9.17, 15) is 0 Å². The van der Waals surface area contributed by atoms with Crippen molar-refractivity contribution in [2.45, 2.75) is 38.1 Å². The fourth-order valence-electron chi connectivity index (χ4n) is 1.54. The van der Waals surface area contributed by atoms with Crippen molar-refractivity contribution in [1.82, 2.24) is 9.97 Å². The zero-order valence-corrected chi connectivity index (χ0v) is 7.90. The normalized spacial score (nSPS) is 19.5. The van der Waals surface area contributed by atoms with Gasteiger partial charge >= 0.3 is 0 Å². The Morgan fingerprint density at radius 2 is 2.00 bits per heavy atom. The van der Waals surface area contributed by atoms with Gasteiger partial charge in [-0.25, -0.2) is 9.97 Å². The van der Waals surface area contributed by atoms with Crippen molar-refractivity contribution in [2.24, 2.45) is 5.73 Å². The minimum absolute atomic E-state index is 0.0598. The van der Waals surface area contributed by atoms with Gasteiger partial charge in [0.05, 0.1) is 6.04 Å². The quantitative estimate of drug-likeness (QED) is 0.749. The summed E-state index contributed by atoms with van der Waals surface area (Å²) in [5.74, 6) is 1.45. The summed E-state index contributed by atoms with van der Waals surface area (Å²) < 4.78 is 0. The molecule has 1 aromatic heterocycles. The Labute approximate surface area is 78.4 Å². The summed E-state index contributed by atoms with van der Waals surface area (Å²) in [5.41, 5.74) is 6.94. The Bertz CT molecular complexity index is 275. The van der Waals surface area contributed by atoms with E-state index in [1.165, 1.54) is 24.8 Å². The molecule has 0 radical (unpaired) electrons. The lowest BCUT2D eigenvalue weighted by Crippen LogP contribution is -2.13. The first-order valence-electron chi connectivity index (χ1n) is 4.85. The SMILES string of the molecule is CC(N)c1ncc(C2CCC2)cn1. The van der Waals surface area contributed by atoms with Crippen LogP contribution in [0, 0.1) is 0 Å². The van der Waals surface area contributed by atoms with Crippen LogP contribution in [0.25, 0.3) is 0 Å². The highest BCUT2D eigenvalue weighted by Gasteiger charge is 2.20. The van der Waals surface area contributed by atoms with Gasteiger partial charge < -0.3 is 5.73 Å². The summed E-state index contributed by atoms with van der Waals surface area (Å²) in [7, 11) is 0. The average molecular weight is 177 g/mol. The van der Waals surface area contributed by atoms with Crippen LogP contribution in [-0.4, -0.2) is 9.97 Å². The van der Waals surface area contributed by atoms with Crippen molar-refractivity contribution < 1.29 is 0 Å². The predicted molar refractivity (Wildman–Crippen MR) is 51.2 cm³/mol. The topological polar surface area (TPSA) is 51.8 Å². The number of hydrogen-bond donors (Lipinski definition) is 1. The molecule has 0 bridgehead atoms. The molecule has 0 aliphatic heterocycles. The van der Waals surface area contributed by atoms with Crippen molar-refractivity contribution in [3.8, 4) is 0 Å². The third kappa shape index (κ3) is 1.70. The molecule has 3 heteroatoms. The van der Waals surface area contributed by atoms with Gasteiger partial charge in [-0.05, 0) is 31.2 Å². The minimum atomic E-state index is -0.0598. The molecular formula is C10H15N3. The van der Waals surface area contributed by atoms with Crippen molar-refractivity contribution in [3.05, 3.63) is 23.8 Å². The summed E-state index contributed by atoms with van der Waals surface area (Å²) >= 11 is 0. The molecule has 1 heterocycles. The van der Waals surface area contributed by atoms with E-state index in [-0.39, 0.29) is 6.04 Å². The molecule has 2 N–H and O–H groups in total. The molecule has 1 aliphatic carbocycles. The highest BCUT2D eigenvalue weighted by atomic mass is 14.9. The van der Waals surface area contributed by atoms with Crippen LogP contribution in [0.2, 0.25) is 0 Å². The summed E-state index contributed by atoms with van der Waals surface area (Å²) in [6.07, 6.45) is 7.78. The first kappa shape index (κ1) is 8.63. The van der Waals surface area contributed by atoms with Crippen LogP contribution in [-0.2, 0) is 0 Å². The Hall–Kier alpha value is -0.960. The molecule has 0 amide bonds. The smallest absolute Gasteiger partial charge is 0.144 e. The second kappa shape index (κ2) is 3.42. The third-order valence-electron chi connectivity index (χ3n) is 2.68. The predicted octanol–water partition coefficient (Wildman–Crippen LogP) is 1.76. The van der Waals surface area contributed by atoms with Crippen molar-refractivity contribution >= 4 is 0 Å². The van der Waals surface area contributed by atoms with Gasteiger partial charge in [0.1, 0.15) is 5.82 Å². The van der Waals surface area contributed by atoms with Crippen LogP contribution in [0.5, 0.6) is 0 Å². The second-order valence-corrected chi connectivity index (χ2v) is 3.79. The highest BCUT2D eigenvalue weighted by molar-refractivity contribution is 5.14. The molecule has 1 aliphatic rings. The van der Waals surface area contributed by atoms with Gasteiger partial charge in [0.15, 0.2) is 0 Å². The number of nitrogens with zero attached hydrogens (tertiary/aromatic N) is 2. The molecule has 1 fully saturated rings. The lowest BCUT2D eigenvalue weighted by molar-refractivity contribution is 0.417. The first-order chi connectivity index (χ1) is 6.27. The van der Waals surface area contributed by atoms with E-state index in [4.69, 9.17) is 5.73 Å². The largest absolute Gasteiger partial charge is 0.322 e. The average Bonchev–Trinajstić information content (AvgIpc) is 2.02. The van der Waals surface area contributed by atoms with E-state index >= 15 is 0 Å². The van der Waals surface area contributed by atoms with Crippen LogP contribution in [0.15, 0.2) is 12.4 Å². The Morgan fingerprint density at radius 1 is 1.38 bits per heavy atom.